The van der Waals surface area contributed by atoms with Gasteiger partial charge < -0.3 is 5.32 Å². The Labute approximate surface area is 100.0 Å². The minimum absolute atomic E-state index is 0.0227. The summed E-state index contributed by atoms with van der Waals surface area (Å²) in [6.45, 7) is 5.71. The van der Waals surface area contributed by atoms with E-state index in [9.17, 15) is 4.79 Å². The third kappa shape index (κ3) is 2.14. The molecule has 2 N–H and O–H groups in total. The van der Waals surface area contributed by atoms with Gasteiger partial charge in [0.15, 0.2) is 0 Å². The lowest BCUT2D eigenvalue weighted by Crippen LogP contribution is -2.42. The predicted octanol–water partition coefficient (Wildman–Crippen LogP) is -0.216. The number of tetrazole rings is 1. The molecule has 2 rings (SSSR count). The van der Waals surface area contributed by atoms with E-state index in [4.69, 9.17) is 0 Å². The van der Waals surface area contributed by atoms with Crippen LogP contribution in [0, 0.1) is 11.3 Å². The highest BCUT2D eigenvalue weighted by Crippen LogP contribution is 2.35. The van der Waals surface area contributed by atoms with Gasteiger partial charge in [-0.1, -0.05) is 18.9 Å². The number of hydrogen-bond donors (Lipinski definition) is 2. The van der Waals surface area contributed by atoms with E-state index in [1.165, 1.54) is 4.80 Å². The Morgan fingerprint density at radius 1 is 1.59 bits per heavy atom. The molecular weight excluding hydrogens is 220 g/mol. The highest BCUT2D eigenvalue weighted by Gasteiger charge is 2.44. The number of aryl methyl sites for hydroxylation is 1. The van der Waals surface area contributed by atoms with E-state index in [1.807, 2.05) is 0 Å². The average Bonchev–Trinajstić information content (AvgIpc) is 2.87. The first-order chi connectivity index (χ1) is 8.04. The highest BCUT2D eigenvalue weighted by molar-refractivity contribution is 5.94. The lowest BCUT2D eigenvalue weighted by atomic mass is 9.75. The normalized spacial score (nSPS) is 24.2. The van der Waals surface area contributed by atoms with Crippen molar-refractivity contribution in [2.45, 2.75) is 20.3 Å². The summed E-state index contributed by atoms with van der Waals surface area (Å²) >= 11 is 0. The van der Waals surface area contributed by atoms with Gasteiger partial charge in [-0.3, -0.25) is 10.1 Å². The first-order valence-corrected chi connectivity index (χ1v) is 5.81. The Morgan fingerprint density at radius 2 is 2.35 bits per heavy atom. The SMILES string of the molecule is CC(C)C1(C(=O)Nc2nnn(C)n2)CCNC1. The molecule has 0 aliphatic carbocycles. The van der Waals surface area contributed by atoms with Crippen molar-refractivity contribution in [3.63, 3.8) is 0 Å². The third-order valence-electron chi connectivity index (χ3n) is 3.48. The second kappa shape index (κ2) is 4.40. The molecule has 1 aromatic heterocycles. The van der Waals surface area contributed by atoms with Gasteiger partial charge in [-0.05, 0) is 24.1 Å². The zero-order chi connectivity index (χ0) is 12.5. The minimum atomic E-state index is -0.362. The molecule has 0 radical (unpaired) electrons. The maximum atomic E-state index is 12.3. The zero-order valence-electron chi connectivity index (χ0n) is 10.4. The van der Waals surface area contributed by atoms with Gasteiger partial charge in [0.05, 0.1) is 12.5 Å². The van der Waals surface area contributed by atoms with Crippen LogP contribution in [-0.2, 0) is 11.8 Å². The number of carbonyl (C=O) groups excluding carboxylic acids is 1. The summed E-state index contributed by atoms with van der Waals surface area (Å²) in [5, 5.41) is 17.4. The maximum Gasteiger partial charge on any atom is 0.270 e. The third-order valence-corrected chi connectivity index (χ3v) is 3.48. The summed E-state index contributed by atoms with van der Waals surface area (Å²) in [5.41, 5.74) is -0.362. The van der Waals surface area contributed by atoms with Gasteiger partial charge in [0.2, 0.25) is 5.91 Å². The Morgan fingerprint density at radius 3 is 2.82 bits per heavy atom. The van der Waals surface area contributed by atoms with E-state index in [1.54, 1.807) is 7.05 Å². The molecule has 1 aromatic rings. The summed E-state index contributed by atoms with van der Waals surface area (Å²) < 4.78 is 0. The van der Waals surface area contributed by atoms with Crippen LogP contribution in [0.25, 0.3) is 0 Å². The first-order valence-electron chi connectivity index (χ1n) is 5.81. The quantitative estimate of drug-likeness (QED) is 0.760. The molecule has 1 saturated heterocycles. The van der Waals surface area contributed by atoms with Crippen LogP contribution in [0.15, 0.2) is 0 Å². The monoisotopic (exact) mass is 238 g/mol. The van der Waals surface area contributed by atoms with E-state index < -0.39 is 0 Å². The van der Waals surface area contributed by atoms with Gasteiger partial charge in [0.25, 0.3) is 5.95 Å². The Bertz CT molecular complexity index is 407. The van der Waals surface area contributed by atoms with Crippen LogP contribution in [0.2, 0.25) is 0 Å². The summed E-state index contributed by atoms with van der Waals surface area (Å²) in [6, 6.07) is 0. The molecule has 94 valence electrons. The van der Waals surface area contributed by atoms with Gasteiger partial charge in [-0.2, -0.15) is 4.80 Å². The fourth-order valence-corrected chi connectivity index (χ4v) is 2.22. The van der Waals surface area contributed by atoms with Gasteiger partial charge >= 0.3 is 0 Å². The summed E-state index contributed by atoms with van der Waals surface area (Å²) in [6.07, 6.45) is 0.844. The van der Waals surface area contributed by atoms with Crippen LogP contribution in [0.5, 0.6) is 0 Å². The molecule has 2 heterocycles. The van der Waals surface area contributed by atoms with Crippen molar-refractivity contribution in [3.05, 3.63) is 0 Å². The fraction of sp³-hybridized carbons (Fsp3) is 0.800. The molecule has 7 nitrogen and oxygen atoms in total. The molecule has 1 atom stereocenters. The van der Waals surface area contributed by atoms with Gasteiger partial charge in [0.1, 0.15) is 0 Å². The molecule has 1 fully saturated rings. The van der Waals surface area contributed by atoms with Crippen molar-refractivity contribution in [3.8, 4) is 0 Å². The molecule has 0 spiro atoms. The number of nitrogens with zero attached hydrogens (tertiary/aromatic N) is 4. The van der Waals surface area contributed by atoms with Crippen LogP contribution in [0.3, 0.4) is 0 Å². The summed E-state index contributed by atoms with van der Waals surface area (Å²) in [5.74, 6) is 0.518. The lowest BCUT2D eigenvalue weighted by Gasteiger charge is -2.30. The number of amides is 1. The van der Waals surface area contributed by atoms with Crippen LogP contribution in [0.1, 0.15) is 20.3 Å². The number of nitrogens with one attached hydrogen (secondary N) is 2. The van der Waals surface area contributed by atoms with Crippen LogP contribution in [0.4, 0.5) is 5.95 Å². The van der Waals surface area contributed by atoms with Crippen molar-refractivity contribution in [1.29, 1.82) is 0 Å². The van der Waals surface area contributed by atoms with Crippen LogP contribution >= 0.6 is 0 Å². The van der Waals surface area contributed by atoms with Crippen molar-refractivity contribution < 1.29 is 4.79 Å². The van der Waals surface area contributed by atoms with E-state index >= 15 is 0 Å². The first kappa shape index (κ1) is 12.0. The average molecular weight is 238 g/mol. The standard InChI is InChI=1S/C10H18N6O/c1-7(2)10(4-5-11-6-10)8(17)12-9-13-15-16(3)14-9/h7,11H,4-6H2,1-3H3,(H,12,14,17). The summed E-state index contributed by atoms with van der Waals surface area (Å²) in [4.78, 5) is 13.6. The second-order valence-corrected chi connectivity index (χ2v) is 4.79. The van der Waals surface area contributed by atoms with Gasteiger partial charge in [-0.25, -0.2) is 0 Å². The molecule has 1 aliphatic heterocycles. The minimum Gasteiger partial charge on any atom is -0.316 e. The topological polar surface area (TPSA) is 84.7 Å². The Balaban J connectivity index is 2.12. The molecule has 0 bridgehead atoms. The number of aromatic nitrogens is 4. The van der Waals surface area contributed by atoms with E-state index in [0.717, 1.165) is 13.0 Å². The molecule has 0 aromatic carbocycles. The van der Waals surface area contributed by atoms with Crippen LogP contribution < -0.4 is 10.6 Å². The Kier molecular flexibility index (Phi) is 3.10. The van der Waals surface area contributed by atoms with Crippen molar-refractivity contribution in [2.75, 3.05) is 18.4 Å². The largest absolute Gasteiger partial charge is 0.316 e. The molecule has 1 amide bonds. The molecule has 17 heavy (non-hydrogen) atoms. The number of hydrogen-bond acceptors (Lipinski definition) is 5. The second-order valence-electron chi connectivity index (χ2n) is 4.79. The highest BCUT2D eigenvalue weighted by atomic mass is 16.2. The Hall–Kier alpha value is -1.50. The maximum absolute atomic E-state index is 12.3. The summed E-state index contributed by atoms with van der Waals surface area (Å²) in [7, 11) is 1.66. The number of carbonyl (C=O) groups is 1. The molecule has 1 aliphatic rings. The van der Waals surface area contributed by atoms with Gasteiger partial charge in [-0.15, -0.1) is 5.10 Å². The number of rotatable bonds is 3. The van der Waals surface area contributed by atoms with E-state index in [-0.39, 0.29) is 23.2 Å². The predicted molar refractivity (Wildman–Crippen MR) is 62.2 cm³/mol. The molecule has 7 heteroatoms. The smallest absolute Gasteiger partial charge is 0.270 e. The molecule has 1 unspecified atom stereocenters. The lowest BCUT2D eigenvalue weighted by molar-refractivity contribution is -0.126. The fourth-order valence-electron chi connectivity index (χ4n) is 2.22. The zero-order valence-corrected chi connectivity index (χ0v) is 10.4. The van der Waals surface area contributed by atoms with Crippen molar-refractivity contribution >= 4 is 11.9 Å². The molecular formula is C10H18N6O. The van der Waals surface area contributed by atoms with E-state index in [0.29, 0.717) is 6.54 Å². The van der Waals surface area contributed by atoms with E-state index in [2.05, 4.69) is 39.9 Å². The number of anilines is 1. The van der Waals surface area contributed by atoms with Gasteiger partial charge in [0, 0.05) is 6.54 Å². The van der Waals surface area contributed by atoms with Crippen LogP contribution in [-0.4, -0.2) is 39.2 Å². The molecule has 0 saturated carbocycles. The van der Waals surface area contributed by atoms with Crippen molar-refractivity contribution in [1.82, 2.24) is 25.5 Å². The van der Waals surface area contributed by atoms with Crippen molar-refractivity contribution in [2.24, 2.45) is 18.4 Å².